The first-order chi connectivity index (χ1) is 3.71. The molecule has 0 amide bonds. The molecular formula is H5FeKO7P2. The van der Waals surface area contributed by atoms with E-state index in [0.717, 1.165) is 0 Å². The smallest absolute Gasteiger partial charge is 1.00 e. The molecule has 0 atom stereocenters. The third kappa shape index (κ3) is 19.0. The maximum atomic E-state index is 9.63. The summed E-state index contributed by atoms with van der Waals surface area (Å²) < 4.78 is 22.2. The van der Waals surface area contributed by atoms with E-state index >= 15 is 0 Å². The van der Waals surface area contributed by atoms with Gasteiger partial charge in [-0.15, -0.1) is 0 Å². The SMILES string of the molecule is O=P(O)(O)OP(=O)(O)O.[Fe].[H-].[K+]. The van der Waals surface area contributed by atoms with Gasteiger partial charge in [-0.2, -0.15) is 4.31 Å². The van der Waals surface area contributed by atoms with Crippen molar-refractivity contribution in [1.29, 1.82) is 0 Å². The molecule has 66 valence electrons. The van der Waals surface area contributed by atoms with E-state index in [4.69, 9.17) is 19.6 Å². The predicted octanol–water partition coefficient (Wildman–Crippen LogP) is -3.70. The van der Waals surface area contributed by atoms with E-state index in [1.165, 1.54) is 0 Å². The van der Waals surface area contributed by atoms with E-state index in [-0.39, 0.29) is 69.9 Å². The Morgan fingerprint density at radius 3 is 1.18 bits per heavy atom. The molecule has 0 radical (unpaired) electrons. The molecule has 0 aliphatic carbocycles. The van der Waals surface area contributed by atoms with Gasteiger partial charge in [0, 0.05) is 17.1 Å². The summed E-state index contributed by atoms with van der Waals surface area (Å²) in [6.45, 7) is 0. The molecule has 11 heteroatoms. The number of hydrogen-bond acceptors (Lipinski definition) is 3. The van der Waals surface area contributed by atoms with Gasteiger partial charge in [0.25, 0.3) is 0 Å². The summed E-state index contributed by atoms with van der Waals surface area (Å²) >= 11 is 0. The molecule has 0 bridgehead atoms. The minimum atomic E-state index is -5.05. The summed E-state index contributed by atoms with van der Waals surface area (Å²) in [6, 6.07) is 0. The molecule has 0 aliphatic rings. The number of phosphoric acid groups is 2. The molecule has 0 aromatic rings. The predicted molar refractivity (Wildman–Crippen MR) is 26.3 cm³/mol. The van der Waals surface area contributed by atoms with Crippen LogP contribution in [0.15, 0.2) is 0 Å². The largest absolute Gasteiger partial charge is 1.00 e. The van der Waals surface area contributed by atoms with Crippen molar-refractivity contribution in [3.05, 3.63) is 0 Å². The number of hydrogen-bond donors (Lipinski definition) is 4. The maximum absolute atomic E-state index is 9.63. The third-order valence-corrected chi connectivity index (χ3v) is 1.91. The standard InChI is InChI=1S/Fe.K.H4O7P2.H/c;;1-8(2,3)7-9(4,5)6;/h;;(H2,1,2,3)(H2,4,5,6);/q;+1;;-1. The fourth-order valence-corrected chi connectivity index (χ4v) is 1.25. The Balaban J connectivity index is -0.000000107. The second kappa shape index (κ2) is 6.81. The van der Waals surface area contributed by atoms with Crippen LogP contribution in [-0.4, -0.2) is 19.6 Å². The first-order valence-corrected chi connectivity index (χ1v) is 4.59. The molecule has 0 spiro atoms. The van der Waals surface area contributed by atoms with Crippen molar-refractivity contribution >= 4 is 15.6 Å². The van der Waals surface area contributed by atoms with Gasteiger partial charge >= 0.3 is 67.0 Å². The van der Waals surface area contributed by atoms with E-state index in [1.807, 2.05) is 0 Å². The van der Waals surface area contributed by atoms with Crippen LogP contribution < -0.4 is 51.4 Å². The fourth-order valence-electron chi connectivity index (χ4n) is 0.139. The van der Waals surface area contributed by atoms with E-state index in [2.05, 4.69) is 4.31 Å². The molecule has 7 nitrogen and oxygen atoms in total. The summed E-state index contributed by atoms with van der Waals surface area (Å²) in [6.07, 6.45) is 0. The molecule has 0 saturated carbocycles. The second-order valence-electron chi connectivity index (χ2n) is 1.06. The average Bonchev–Trinajstić information content (AvgIpc) is 1.14. The van der Waals surface area contributed by atoms with Crippen molar-refractivity contribution in [1.82, 2.24) is 0 Å². The van der Waals surface area contributed by atoms with Gasteiger partial charge in [-0.25, -0.2) is 9.13 Å². The van der Waals surface area contributed by atoms with Crippen molar-refractivity contribution in [3.63, 3.8) is 0 Å². The molecule has 0 saturated heterocycles. The number of rotatable bonds is 2. The molecule has 0 aromatic carbocycles. The second-order valence-corrected chi connectivity index (χ2v) is 3.68. The molecule has 0 unspecified atom stereocenters. The fraction of sp³-hybridized carbons (Fsp3) is 0. The zero-order valence-electron chi connectivity index (χ0n) is 6.26. The minimum absolute atomic E-state index is 0. The van der Waals surface area contributed by atoms with Crippen molar-refractivity contribution in [2.75, 3.05) is 0 Å². The van der Waals surface area contributed by atoms with Crippen molar-refractivity contribution in [2.45, 2.75) is 0 Å². The molecule has 4 N–H and O–H groups in total. The van der Waals surface area contributed by atoms with Gasteiger partial charge in [0.2, 0.25) is 0 Å². The Hall–Kier alpha value is 2.42. The quantitative estimate of drug-likeness (QED) is 0.302. The third-order valence-electron chi connectivity index (χ3n) is 0.213. The van der Waals surface area contributed by atoms with Crippen LogP contribution in [0, 0.1) is 0 Å². The molecule has 0 fully saturated rings. The van der Waals surface area contributed by atoms with Crippen molar-refractivity contribution in [3.8, 4) is 0 Å². The van der Waals surface area contributed by atoms with Crippen LogP contribution in [-0.2, 0) is 30.5 Å². The van der Waals surface area contributed by atoms with Crippen molar-refractivity contribution in [2.24, 2.45) is 0 Å². The molecule has 0 heterocycles. The Kier molecular flexibility index (Phi) is 11.8. The normalized spacial score (nSPS) is 11.3. The topological polar surface area (TPSA) is 124 Å². The summed E-state index contributed by atoms with van der Waals surface area (Å²) in [5.41, 5.74) is 0. The van der Waals surface area contributed by atoms with Gasteiger partial charge in [-0.3, -0.25) is 0 Å². The first-order valence-electron chi connectivity index (χ1n) is 1.53. The zero-order valence-corrected chi connectivity index (χ0v) is 11.3. The van der Waals surface area contributed by atoms with Crippen LogP contribution >= 0.6 is 15.6 Å². The Morgan fingerprint density at radius 2 is 1.18 bits per heavy atom. The zero-order chi connectivity index (χ0) is 7.71. The first kappa shape index (κ1) is 19.1. The van der Waals surface area contributed by atoms with Crippen LogP contribution in [0.5, 0.6) is 0 Å². The molecule has 0 aliphatic heterocycles. The molecule has 11 heavy (non-hydrogen) atoms. The maximum Gasteiger partial charge on any atom is 1.00 e. The van der Waals surface area contributed by atoms with Gasteiger partial charge in [-0.1, -0.05) is 0 Å². The summed E-state index contributed by atoms with van der Waals surface area (Å²) in [5, 5.41) is 0. The van der Waals surface area contributed by atoms with Crippen LogP contribution in [0.3, 0.4) is 0 Å². The monoisotopic (exact) mass is 274 g/mol. The Labute approximate surface area is 117 Å². The van der Waals surface area contributed by atoms with Gasteiger partial charge in [0.05, 0.1) is 0 Å². The van der Waals surface area contributed by atoms with Gasteiger partial charge in [0.1, 0.15) is 0 Å². The van der Waals surface area contributed by atoms with Gasteiger partial charge in [-0.05, 0) is 0 Å². The Morgan fingerprint density at radius 1 is 1.00 bits per heavy atom. The van der Waals surface area contributed by atoms with Gasteiger partial charge < -0.3 is 21.0 Å². The molecular weight excluding hydrogens is 269 g/mol. The van der Waals surface area contributed by atoms with E-state index in [0.29, 0.717) is 0 Å². The average molecular weight is 274 g/mol. The van der Waals surface area contributed by atoms with E-state index in [9.17, 15) is 9.13 Å². The minimum Gasteiger partial charge on any atom is -1.00 e. The van der Waals surface area contributed by atoms with Crippen molar-refractivity contribution < 1.29 is 103 Å². The van der Waals surface area contributed by atoms with Crippen LogP contribution in [0.4, 0.5) is 0 Å². The van der Waals surface area contributed by atoms with E-state index in [1.54, 1.807) is 0 Å². The summed E-state index contributed by atoms with van der Waals surface area (Å²) in [4.78, 5) is 31.0. The summed E-state index contributed by atoms with van der Waals surface area (Å²) in [5.74, 6) is 0. The van der Waals surface area contributed by atoms with E-state index < -0.39 is 15.6 Å². The van der Waals surface area contributed by atoms with Crippen LogP contribution in [0.25, 0.3) is 0 Å². The molecule has 0 rings (SSSR count). The van der Waals surface area contributed by atoms with Gasteiger partial charge in [0.15, 0.2) is 0 Å². The Bertz CT molecular complexity index is 162. The summed E-state index contributed by atoms with van der Waals surface area (Å²) in [7, 11) is -10.1. The van der Waals surface area contributed by atoms with Crippen LogP contribution in [0.2, 0.25) is 0 Å². The van der Waals surface area contributed by atoms with Crippen LogP contribution in [0.1, 0.15) is 1.43 Å². The molecule has 0 aromatic heterocycles.